The highest BCUT2D eigenvalue weighted by Crippen LogP contribution is 2.25. The molecule has 0 amide bonds. The number of hydrogen-bond acceptors (Lipinski definition) is 5. The monoisotopic (exact) mass is 275 g/mol. The molecule has 2 heterocycles. The van der Waals surface area contributed by atoms with E-state index in [0.717, 1.165) is 28.2 Å². The van der Waals surface area contributed by atoms with Crippen molar-refractivity contribution in [3.63, 3.8) is 0 Å². The summed E-state index contributed by atoms with van der Waals surface area (Å²) < 4.78 is 6.66. The first-order chi connectivity index (χ1) is 9.19. The van der Waals surface area contributed by atoms with Crippen molar-refractivity contribution in [2.75, 3.05) is 6.54 Å². The summed E-state index contributed by atoms with van der Waals surface area (Å²) in [6.07, 6.45) is 0.785. The van der Waals surface area contributed by atoms with E-state index >= 15 is 0 Å². The molecule has 98 valence electrons. The number of nitrogens with two attached hydrogens (primary N) is 1. The van der Waals surface area contributed by atoms with Gasteiger partial charge in [-0.3, -0.25) is 4.57 Å². The van der Waals surface area contributed by atoms with E-state index in [1.807, 2.05) is 23.6 Å². The Bertz CT molecular complexity index is 785. The summed E-state index contributed by atoms with van der Waals surface area (Å²) in [4.78, 5) is 16.0. The Labute approximate surface area is 113 Å². The molecule has 0 saturated carbocycles. The predicted molar refractivity (Wildman–Crippen MR) is 75.3 cm³/mol. The van der Waals surface area contributed by atoms with Crippen LogP contribution in [0.1, 0.15) is 5.01 Å². The minimum atomic E-state index is -0.353. The van der Waals surface area contributed by atoms with Crippen molar-refractivity contribution in [3.05, 3.63) is 39.1 Å². The molecule has 0 radical (unpaired) electrons. The van der Waals surface area contributed by atoms with E-state index in [2.05, 4.69) is 4.98 Å². The Balaban J connectivity index is 2.07. The second kappa shape index (κ2) is 4.64. The van der Waals surface area contributed by atoms with Crippen LogP contribution in [-0.2, 0) is 13.5 Å². The molecule has 0 spiro atoms. The number of aromatic nitrogens is 2. The van der Waals surface area contributed by atoms with Crippen molar-refractivity contribution in [2.45, 2.75) is 6.42 Å². The van der Waals surface area contributed by atoms with Gasteiger partial charge in [0.25, 0.3) is 0 Å². The number of benzene rings is 1. The van der Waals surface area contributed by atoms with Crippen molar-refractivity contribution >= 4 is 22.4 Å². The van der Waals surface area contributed by atoms with Crippen molar-refractivity contribution in [2.24, 2.45) is 12.8 Å². The van der Waals surface area contributed by atoms with Crippen LogP contribution in [-0.4, -0.2) is 16.1 Å². The molecule has 3 rings (SSSR count). The highest BCUT2D eigenvalue weighted by molar-refractivity contribution is 7.09. The number of oxazole rings is 1. The number of hydrogen-bond donors (Lipinski definition) is 1. The Kier molecular flexibility index (Phi) is 2.96. The van der Waals surface area contributed by atoms with Gasteiger partial charge < -0.3 is 10.2 Å². The van der Waals surface area contributed by atoms with Gasteiger partial charge in [0.15, 0.2) is 5.58 Å². The number of rotatable bonds is 3. The molecule has 2 aromatic heterocycles. The van der Waals surface area contributed by atoms with E-state index in [4.69, 9.17) is 10.2 Å². The highest BCUT2D eigenvalue weighted by atomic mass is 32.1. The van der Waals surface area contributed by atoms with Crippen molar-refractivity contribution in [1.82, 2.24) is 9.55 Å². The van der Waals surface area contributed by atoms with Crippen LogP contribution in [0.2, 0.25) is 0 Å². The number of thiazole rings is 1. The van der Waals surface area contributed by atoms with Crippen LogP contribution < -0.4 is 11.5 Å². The summed E-state index contributed by atoms with van der Waals surface area (Å²) >= 11 is 1.59. The maximum absolute atomic E-state index is 11.4. The third kappa shape index (κ3) is 2.09. The highest BCUT2D eigenvalue weighted by Gasteiger charge is 2.09. The first kappa shape index (κ1) is 12.1. The summed E-state index contributed by atoms with van der Waals surface area (Å²) in [5.41, 5.74) is 8.72. The summed E-state index contributed by atoms with van der Waals surface area (Å²) in [7, 11) is 1.69. The molecule has 0 aliphatic rings. The van der Waals surface area contributed by atoms with Gasteiger partial charge in [0.05, 0.1) is 16.2 Å². The van der Waals surface area contributed by atoms with Gasteiger partial charge in [-0.2, -0.15) is 0 Å². The van der Waals surface area contributed by atoms with Gasteiger partial charge >= 0.3 is 5.76 Å². The van der Waals surface area contributed by atoms with Crippen molar-refractivity contribution in [3.8, 4) is 11.3 Å². The van der Waals surface area contributed by atoms with Gasteiger partial charge in [-0.25, -0.2) is 9.78 Å². The minimum absolute atomic E-state index is 0.353. The van der Waals surface area contributed by atoms with Gasteiger partial charge in [-0.1, -0.05) is 6.07 Å². The molecular formula is C13H13N3O2S. The van der Waals surface area contributed by atoms with E-state index in [1.54, 1.807) is 18.4 Å². The molecule has 0 saturated heterocycles. The Hall–Kier alpha value is -1.92. The quantitative estimate of drug-likeness (QED) is 0.790. The number of nitrogens with zero attached hydrogens (tertiary/aromatic N) is 2. The molecular weight excluding hydrogens is 262 g/mol. The molecule has 0 bridgehead atoms. The zero-order valence-electron chi connectivity index (χ0n) is 10.4. The van der Waals surface area contributed by atoms with Crippen LogP contribution >= 0.6 is 11.3 Å². The molecule has 0 fully saturated rings. The molecule has 0 aliphatic heterocycles. The number of fused-ring (bicyclic) bond motifs is 1. The average Bonchev–Trinajstić information content (AvgIpc) is 2.96. The van der Waals surface area contributed by atoms with Crippen LogP contribution in [0.4, 0.5) is 0 Å². The normalized spacial score (nSPS) is 11.3. The SMILES string of the molecule is Cn1c(=O)oc2cc(-c3csc(CCN)n3)ccc21. The summed E-state index contributed by atoms with van der Waals surface area (Å²) in [6, 6.07) is 5.66. The minimum Gasteiger partial charge on any atom is -0.408 e. The molecule has 0 atom stereocenters. The topological polar surface area (TPSA) is 74.0 Å². The molecule has 1 aromatic carbocycles. The summed E-state index contributed by atoms with van der Waals surface area (Å²) in [5.74, 6) is -0.353. The van der Waals surface area contributed by atoms with Gasteiger partial charge in [0, 0.05) is 24.4 Å². The maximum atomic E-state index is 11.4. The molecule has 19 heavy (non-hydrogen) atoms. The average molecular weight is 275 g/mol. The van der Waals surface area contributed by atoms with Crippen molar-refractivity contribution < 1.29 is 4.42 Å². The molecule has 0 unspecified atom stereocenters. The molecule has 5 nitrogen and oxygen atoms in total. The smallest absolute Gasteiger partial charge is 0.408 e. The van der Waals surface area contributed by atoms with E-state index in [-0.39, 0.29) is 5.76 Å². The first-order valence-corrected chi connectivity index (χ1v) is 6.81. The maximum Gasteiger partial charge on any atom is 0.419 e. The van der Waals surface area contributed by atoms with E-state index in [0.29, 0.717) is 12.1 Å². The van der Waals surface area contributed by atoms with Crippen LogP contribution in [0.3, 0.4) is 0 Å². The van der Waals surface area contributed by atoms with Crippen LogP contribution in [0.5, 0.6) is 0 Å². The molecule has 2 N–H and O–H groups in total. The Morgan fingerprint density at radius 1 is 1.47 bits per heavy atom. The van der Waals surface area contributed by atoms with Crippen LogP contribution in [0, 0.1) is 0 Å². The van der Waals surface area contributed by atoms with Crippen LogP contribution in [0.15, 0.2) is 32.8 Å². The van der Waals surface area contributed by atoms with Gasteiger partial charge in [0.1, 0.15) is 0 Å². The third-order valence-corrected chi connectivity index (χ3v) is 3.91. The zero-order valence-corrected chi connectivity index (χ0v) is 11.2. The summed E-state index contributed by atoms with van der Waals surface area (Å²) in [5, 5.41) is 3.01. The lowest BCUT2D eigenvalue weighted by Gasteiger charge is -1.97. The summed E-state index contributed by atoms with van der Waals surface area (Å²) in [6.45, 7) is 0.597. The fraction of sp³-hybridized carbons (Fsp3) is 0.231. The Morgan fingerprint density at radius 3 is 3.11 bits per heavy atom. The molecule has 6 heteroatoms. The lowest BCUT2D eigenvalue weighted by molar-refractivity contribution is 0.528. The van der Waals surface area contributed by atoms with Crippen LogP contribution in [0.25, 0.3) is 22.4 Å². The standard InChI is InChI=1S/C13H13N3O2S/c1-16-10-3-2-8(6-11(10)18-13(16)17)9-7-19-12(15-9)4-5-14/h2-3,6-7H,4-5,14H2,1H3. The molecule has 0 aliphatic carbocycles. The third-order valence-electron chi connectivity index (χ3n) is 3.00. The van der Waals surface area contributed by atoms with E-state index < -0.39 is 0 Å². The second-order valence-electron chi connectivity index (χ2n) is 4.27. The van der Waals surface area contributed by atoms with Gasteiger partial charge in [-0.05, 0) is 18.7 Å². The Morgan fingerprint density at radius 2 is 2.32 bits per heavy atom. The van der Waals surface area contributed by atoms with Crippen molar-refractivity contribution in [1.29, 1.82) is 0 Å². The number of aryl methyl sites for hydroxylation is 1. The zero-order chi connectivity index (χ0) is 13.4. The second-order valence-corrected chi connectivity index (χ2v) is 5.22. The fourth-order valence-corrected chi connectivity index (χ4v) is 2.80. The lowest BCUT2D eigenvalue weighted by atomic mass is 10.1. The van der Waals surface area contributed by atoms with E-state index in [1.165, 1.54) is 4.57 Å². The first-order valence-electron chi connectivity index (χ1n) is 5.93. The largest absolute Gasteiger partial charge is 0.419 e. The van der Waals surface area contributed by atoms with Gasteiger partial charge in [0.2, 0.25) is 0 Å². The fourth-order valence-electron chi connectivity index (χ4n) is 1.97. The predicted octanol–water partition coefficient (Wildman–Crippen LogP) is 1.76. The van der Waals surface area contributed by atoms with Gasteiger partial charge in [-0.15, -0.1) is 11.3 Å². The van der Waals surface area contributed by atoms with E-state index in [9.17, 15) is 4.79 Å². The molecule has 3 aromatic rings. The lowest BCUT2D eigenvalue weighted by Crippen LogP contribution is -2.08.